The minimum atomic E-state index is 0.135. The topological polar surface area (TPSA) is 50.2 Å². The third kappa shape index (κ3) is 4.66. The predicted octanol–water partition coefficient (Wildman–Crippen LogP) is 4.37. The molecular formula is C27H36N4OS. The number of thiophene rings is 1. The number of nitrogens with one attached hydrogen (secondary N) is 1. The molecule has 1 aromatic carbocycles. The van der Waals surface area contributed by atoms with Gasteiger partial charge in [-0.3, -0.25) is 9.36 Å². The fourth-order valence-corrected chi connectivity index (χ4v) is 7.03. The number of hydrogen-bond donors (Lipinski definition) is 1. The van der Waals surface area contributed by atoms with Gasteiger partial charge in [0, 0.05) is 36.0 Å². The molecule has 0 amide bonds. The molecule has 5 rings (SSSR count). The lowest BCUT2D eigenvalue weighted by molar-refractivity contribution is 0.265. The molecule has 2 aliphatic rings. The molecule has 1 unspecified atom stereocenters. The standard InChI is InChI=1S/C27H36N4OS/c1-30(2)15-16-31-19-29-25-24(26(31)32)22-12-11-21(17-23(22)33-25)28-18-27(13-7-4-8-14-27)20-9-5-3-6-10-20/h3,5-6,9-10,19,21,28H,4,7-8,11-18H2,1-2H3. The van der Waals surface area contributed by atoms with Crippen molar-refractivity contribution in [1.82, 2.24) is 19.8 Å². The van der Waals surface area contributed by atoms with Gasteiger partial charge in [0.15, 0.2) is 0 Å². The van der Waals surface area contributed by atoms with Crippen LogP contribution in [0.25, 0.3) is 10.2 Å². The Kier molecular flexibility index (Phi) is 6.68. The van der Waals surface area contributed by atoms with E-state index >= 15 is 0 Å². The van der Waals surface area contributed by atoms with Crippen LogP contribution in [-0.2, 0) is 24.8 Å². The summed E-state index contributed by atoms with van der Waals surface area (Å²) >= 11 is 1.73. The lowest BCUT2D eigenvalue weighted by Gasteiger charge is -2.40. The van der Waals surface area contributed by atoms with Gasteiger partial charge in [-0.2, -0.15) is 0 Å². The van der Waals surface area contributed by atoms with E-state index in [0.29, 0.717) is 12.6 Å². The number of nitrogens with zero attached hydrogens (tertiary/aromatic N) is 3. The van der Waals surface area contributed by atoms with E-state index in [9.17, 15) is 4.79 Å². The van der Waals surface area contributed by atoms with Gasteiger partial charge in [-0.05, 0) is 57.3 Å². The van der Waals surface area contributed by atoms with Crippen LogP contribution in [0, 0.1) is 0 Å². The molecule has 33 heavy (non-hydrogen) atoms. The fraction of sp³-hybridized carbons (Fsp3) is 0.556. The van der Waals surface area contributed by atoms with Crippen molar-refractivity contribution in [3.63, 3.8) is 0 Å². The number of rotatable bonds is 7. The van der Waals surface area contributed by atoms with Crippen LogP contribution in [-0.4, -0.2) is 47.7 Å². The smallest absolute Gasteiger partial charge is 0.262 e. The van der Waals surface area contributed by atoms with Crippen LogP contribution in [0.5, 0.6) is 0 Å². The van der Waals surface area contributed by atoms with Crippen LogP contribution >= 0.6 is 11.3 Å². The van der Waals surface area contributed by atoms with Crippen LogP contribution in [0.3, 0.4) is 0 Å². The number of likely N-dealkylation sites (N-methyl/N-ethyl adjacent to an activating group) is 1. The van der Waals surface area contributed by atoms with Gasteiger partial charge in [-0.15, -0.1) is 11.3 Å². The molecule has 0 bridgehead atoms. The molecule has 1 fully saturated rings. The van der Waals surface area contributed by atoms with E-state index in [1.54, 1.807) is 22.2 Å². The Morgan fingerprint density at radius 2 is 1.97 bits per heavy atom. The molecule has 6 heteroatoms. The van der Waals surface area contributed by atoms with Crippen molar-refractivity contribution in [3.05, 3.63) is 63.0 Å². The van der Waals surface area contributed by atoms with E-state index in [1.807, 2.05) is 14.1 Å². The van der Waals surface area contributed by atoms with Crippen molar-refractivity contribution in [3.8, 4) is 0 Å². The Balaban J connectivity index is 1.33. The van der Waals surface area contributed by atoms with Gasteiger partial charge >= 0.3 is 0 Å². The maximum Gasteiger partial charge on any atom is 0.262 e. The van der Waals surface area contributed by atoms with E-state index in [2.05, 4.69) is 45.5 Å². The molecule has 0 radical (unpaired) electrons. The first-order chi connectivity index (χ1) is 16.1. The summed E-state index contributed by atoms with van der Waals surface area (Å²) in [6.45, 7) is 2.58. The van der Waals surface area contributed by atoms with Gasteiger partial charge in [-0.25, -0.2) is 4.98 Å². The number of fused-ring (bicyclic) bond motifs is 3. The van der Waals surface area contributed by atoms with Gasteiger partial charge in [0.05, 0.1) is 11.7 Å². The Labute approximate surface area is 200 Å². The Bertz CT molecular complexity index is 1140. The molecule has 2 aromatic heterocycles. The molecular weight excluding hydrogens is 428 g/mol. The van der Waals surface area contributed by atoms with E-state index in [-0.39, 0.29) is 11.0 Å². The van der Waals surface area contributed by atoms with Crippen LogP contribution in [0.1, 0.15) is 54.5 Å². The summed E-state index contributed by atoms with van der Waals surface area (Å²) < 4.78 is 1.78. The summed E-state index contributed by atoms with van der Waals surface area (Å²) in [7, 11) is 4.07. The zero-order valence-electron chi connectivity index (χ0n) is 20.0. The minimum absolute atomic E-state index is 0.135. The van der Waals surface area contributed by atoms with E-state index in [4.69, 9.17) is 0 Å². The normalized spacial score (nSPS) is 20.3. The molecule has 0 aliphatic heterocycles. The highest BCUT2D eigenvalue weighted by atomic mass is 32.1. The quantitative estimate of drug-likeness (QED) is 0.564. The molecule has 1 N–H and O–H groups in total. The average molecular weight is 465 g/mol. The SMILES string of the molecule is CN(C)CCn1cnc2sc3c(c2c1=O)CCC(NCC1(c2ccccc2)CCCCC1)C3. The predicted molar refractivity (Wildman–Crippen MR) is 137 cm³/mol. The van der Waals surface area contributed by atoms with E-state index < -0.39 is 0 Å². The molecule has 2 heterocycles. The largest absolute Gasteiger partial charge is 0.313 e. The highest BCUT2D eigenvalue weighted by Gasteiger charge is 2.35. The van der Waals surface area contributed by atoms with Crippen molar-refractivity contribution >= 4 is 21.6 Å². The maximum atomic E-state index is 13.2. The molecule has 1 saturated carbocycles. The summed E-state index contributed by atoms with van der Waals surface area (Å²) in [5.74, 6) is 0. The van der Waals surface area contributed by atoms with Gasteiger partial charge in [-0.1, -0.05) is 49.6 Å². The summed E-state index contributed by atoms with van der Waals surface area (Å²) in [6.07, 6.45) is 11.4. The summed E-state index contributed by atoms with van der Waals surface area (Å²) in [4.78, 5) is 22.2. The molecule has 0 saturated heterocycles. The van der Waals surface area contributed by atoms with Crippen LogP contribution in [0.15, 0.2) is 41.5 Å². The molecule has 0 spiro atoms. The number of aromatic nitrogens is 2. The van der Waals surface area contributed by atoms with E-state index in [0.717, 1.165) is 42.6 Å². The first-order valence-electron chi connectivity index (χ1n) is 12.5. The van der Waals surface area contributed by atoms with Crippen molar-refractivity contribution in [2.75, 3.05) is 27.2 Å². The molecule has 2 aliphatic carbocycles. The van der Waals surface area contributed by atoms with Crippen molar-refractivity contribution in [2.24, 2.45) is 0 Å². The van der Waals surface area contributed by atoms with Crippen LogP contribution in [0.2, 0.25) is 0 Å². The first kappa shape index (κ1) is 22.8. The molecule has 1 atom stereocenters. The highest BCUT2D eigenvalue weighted by molar-refractivity contribution is 7.18. The Hall–Kier alpha value is -2.02. The summed E-state index contributed by atoms with van der Waals surface area (Å²) in [5.41, 5.74) is 3.16. The van der Waals surface area contributed by atoms with Crippen LogP contribution < -0.4 is 10.9 Å². The monoisotopic (exact) mass is 464 g/mol. The number of benzene rings is 1. The van der Waals surface area contributed by atoms with E-state index in [1.165, 1.54) is 48.1 Å². The second kappa shape index (κ2) is 9.69. The first-order valence-corrected chi connectivity index (χ1v) is 13.3. The maximum absolute atomic E-state index is 13.2. The van der Waals surface area contributed by atoms with Gasteiger partial charge in [0.1, 0.15) is 4.83 Å². The third-order valence-corrected chi connectivity index (χ3v) is 8.91. The highest BCUT2D eigenvalue weighted by Crippen LogP contribution is 2.40. The summed E-state index contributed by atoms with van der Waals surface area (Å²) in [5, 5.41) is 4.85. The minimum Gasteiger partial charge on any atom is -0.313 e. The average Bonchev–Trinajstić information content (AvgIpc) is 3.22. The Morgan fingerprint density at radius 1 is 1.18 bits per heavy atom. The van der Waals surface area contributed by atoms with Crippen LogP contribution in [0.4, 0.5) is 0 Å². The van der Waals surface area contributed by atoms with Crippen molar-refractivity contribution < 1.29 is 0 Å². The Morgan fingerprint density at radius 3 is 2.73 bits per heavy atom. The van der Waals surface area contributed by atoms with Crippen molar-refractivity contribution in [2.45, 2.75) is 69.4 Å². The van der Waals surface area contributed by atoms with Gasteiger partial charge in [0.25, 0.3) is 5.56 Å². The number of hydrogen-bond acceptors (Lipinski definition) is 5. The van der Waals surface area contributed by atoms with Gasteiger partial charge < -0.3 is 10.2 Å². The molecule has 176 valence electrons. The third-order valence-electron chi connectivity index (χ3n) is 7.75. The number of aryl methyl sites for hydroxylation is 1. The second-order valence-electron chi connectivity index (χ2n) is 10.3. The molecule has 5 nitrogen and oxygen atoms in total. The second-order valence-corrected chi connectivity index (χ2v) is 11.3. The fourth-order valence-electron chi connectivity index (χ4n) is 5.77. The van der Waals surface area contributed by atoms with Crippen molar-refractivity contribution in [1.29, 1.82) is 0 Å². The molecule has 3 aromatic rings. The summed E-state index contributed by atoms with van der Waals surface area (Å²) in [6, 6.07) is 11.6. The van der Waals surface area contributed by atoms with Gasteiger partial charge in [0.2, 0.25) is 0 Å². The lowest BCUT2D eigenvalue weighted by atomic mass is 9.69. The zero-order valence-corrected chi connectivity index (χ0v) is 20.8. The zero-order chi connectivity index (χ0) is 22.8. The lowest BCUT2D eigenvalue weighted by Crippen LogP contribution is -2.45.